The Bertz CT molecular complexity index is 543. The summed E-state index contributed by atoms with van der Waals surface area (Å²) in [5.41, 5.74) is 0.860. The quantitative estimate of drug-likeness (QED) is 0.611. The van der Waals surface area contributed by atoms with Crippen LogP contribution < -0.4 is 4.74 Å². The van der Waals surface area contributed by atoms with E-state index in [2.05, 4.69) is 16.1 Å². The molecule has 0 aliphatic carbocycles. The minimum absolute atomic E-state index is 0.483. The van der Waals surface area contributed by atoms with E-state index in [1.165, 1.54) is 11.8 Å². The Morgan fingerprint density at radius 3 is 2.78 bits per heavy atom. The van der Waals surface area contributed by atoms with E-state index < -0.39 is 0 Å². The molecule has 1 aromatic carbocycles. The zero-order valence-corrected chi connectivity index (χ0v) is 10.7. The summed E-state index contributed by atoms with van der Waals surface area (Å²) >= 11 is 1.35. The molecule has 2 rings (SSSR count). The highest BCUT2D eigenvalue weighted by molar-refractivity contribution is 7.99. The lowest BCUT2D eigenvalue weighted by Crippen LogP contribution is -1.90. The van der Waals surface area contributed by atoms with E-state index in [0.717, 1.165) is 11.3 Å². The molecule has 0 spiro atoms. The fraction of sp³-hybridized carbons (Fsp3) is 0.231. The molecule has 0 atom stereocenters. The summed E-state index contributed by atoms with van der Waals surface area (Å²) in [5.74, 6) is 4.33. The van der Waals surface area contributed by atoms with Crippen molar-refractivity contribution < 1.29 is 9.15 Å². The standard InChI is InChI=1S/C13H12N2O2S/c1-3-9-18-13-15-14-12(17-13)10-5-7-11(8-6-10)16-4-2/h1,5-8H,4,9H2,2H3. The molecule has 18 heavy (non-hydrogen) atoms. The highest BCUT2D eigenvalue weighted by Crippen LogP contribution is 2.24. The summed E-state index contributed by atoms with van der Waals surface area (Å²) in [6.07, 6.45) is 5.16. The smallest absolute Gasteiger partial charge is 0.277 e. The van der Waals surface area contributed by atoms with E-state index in [4.69, 9.17) is 15.6 Å². The number of hydrogen-bond donors (Lipinski definition) is 0. The van der Waals surface area contributed by atoms with Gasteiger partial charge < -0.3 is 9.15 Å². The number of thioether (sulfide) groups is 1. The van der Waals surface area contributed by atoms with Crippen LogP contribution in [0, 0.1) is 12.3 Å². The van der Waals surface area contributed by atoms with Crippen molar-refractivity contribution in [1.82, 2.24) is 10.2 Å². The van der Waals surface area contributed by atoms with E-state index >= 15 is 0 Å². The van der Waals surface area contributed by atoms with Gasteiger partial charge in [-0.05, 0) is 31.2 Å². The van der Waals surface area contributed by atoms with Gasteiger partial charge in [-0.3, -0.25) is 0 Å². The average molecular weight is 260 g/mol. The summed E-state index contributed by atoms with van der Waals surface area (Å²) in [7, 11) is 0. The Morgan fingerprint density at radius 2 is 2.11 bits per heavy atom. The zero-order chi connectivity index (χ0) is 12.8. The van der Waals surface area contributed by atoms with Crippen LogP contribution in [0.25, 0.3) is 11.5 Å². The molecule has 0 fully saturated rings. The summed E-state index contributed by atoms with van der Waals surface area (Å²) in [6, 6.07) is 7.51. The molecule has 0 amide bonds. The Hall–Kier alpha value is -1.93. The van der Waals surface area contributed by atoms with Crippen LogP contribution in [0.2, 0.25) is 0 Å². The Labute approximate surface area is 110 Å². The van der Waals surface area contributed by atoms with Gasteiger partial charge in [-0.15, -0.1) is 16.6 Å². The maximum Gasteiger partial charge on any atom is 0.277 e. The number of hydrogen-bond acceptors (Lipinski definition) is 5. The van der Waals surface area contributed by atoms with Crippen molar-refractivity contribution in [3.63, 3.8) is 0 Å². The van der Waals surface area contributed by atoms with Gasteiger partial charge in [0.1, 0.15) is 5.75 Å². The molecule has 5 heteroatoms. The topological polar surface area (TPSA) is 48.2 Å². The minimum Gasteiger partial charge on any atom is -0.494 e. The SMILES string of the molecule is C#CCSc1nnc(-c2ccc(OCC)cc2)o1. The third-order valence-electron chi connectivity index (χ3n) is 2.10. The average Bonchev–Trinajstić information content (AvgIpc) is 2.86. The maximum atomic E-state index is 5.48. The lowest BCUT2D eigenvalue weighted by molar-refractivity contribution is 0.340. The molecule has 0 aliphatic heterocycles. The summed E-state index contributed by atoms with van der Waals surface area (Å²) < 4.78 is 10.8. The molecule has 0 N–H and O–H groups in total. The van der Waals surface area contributed by atoms with Gasteiger partial charge >= 0.3 is 0 Å². The van der Waals surface area contributed by atoms with Crippen molar-refractivity contribution in [3.8, 4) is 29.5 Å². The van der Waals surface area contributed by atoms with E-state index in [0.29, 0.717) is 23.5 Å². The van der Waals surface area contributed by atoms with Gasteiger partial charge in [0.25, 0.3) is 5.22 Å². The first-order chi connectivity index (χ1) is 8.83. The second-order valence-corrected chi connectivity index (χ2v) is 4.25. The van der Waals surface area contributed by atoms with Crippen molar-refractivity contribution in [1.29, 1.82) is 0 Å². The van der Waals surface area contributed by atoms with Crippen LogP contribution in [-0.2, 0) is 0 Å². The van der Waals surface area contributed by atoms with Crippen molar-refractivity contribution in [2.45, 2.75) is 12.1 Å². The lowest BCUT2D eigenvalue weighted by atomic mass is 10.2. The van der Waals surface area contributed by atoms with Crippen LogP contribution in [0.5, 0.6) is 5.75 Å². The highest BCUT2D eigenvalue weighted by Gasteiger charge is 2.08. The zero-order valence-electron chi connectivity index (χ0n) is 9.92. The predicted molar refractivity (Wildman–Crippen MR) is 70.5 cm³/mol. The molecular formula is C13H12N2O2S. The number of rotatable bonds is 5. The number of ether oxygens (including phenoxy) is 1. The normalized spacial score (nSPS) is 10.0. The predicted octanol–water partition coefficient (Wildman–Crippen LogP) is 2.86. The van der Waals surface area contributed by atoms with Crippen LogP contribution in [0.1, 0.15) is 6.92 Å². The molecule has 2 aromatic rings. The van der Waals surface area contributed by atoms with Crippen LogP contribution in [0.3, 0.4) is 0 Å². The molecule has 92 valence electrons. The Balaban J connectivity index is 2.11. The number of nitrogens with zero attached hydrogens (tertiary/aromatic N) is 2. The third-order valence-corrected chi connectivity index (χ3v) is 2.82. The van der Waals surface area contributed by atoms with E-state index in [-0.39, 0.29) is 0 Å². The number of benzene rings is 1. The van der Waals surface area contributed by atoms with Gasteiger partial charge in [-0.2, -0.15) is 0 Å². The van der Waals surface area contributed by atoms with E-state index in [1.807, 2.05) is 31.2 Å². The van der Waals surface area contributed by atoms with Crippen LogP contribution in [0.15, 0.2) is 33.9 Å². The summed E-state index contributed by atoms with van der Waals surface area (Å²) in [5, 5.41) is 8.36. The maximum absolute atomic E-state index is 5.48. The van der Waals surface area contributed by atoms with Crippen LogP contribution >= 0.6 is 11.8 Å². The molecule has 0 radical (unpaired) electrons. The van der Waals surface area contributed by atoms with Gasteiger partial charge in [0.05, 0.1) is 12.4 Å². The molecule has 1 heterocycles. The second-order valence-electron chi connectivity index (χ2n) is 3.32. The first kappa shape index (κ1) is 12.5. The van der Waals surface area contributed by atoms with E-state index in [9.17, 15) is 0 Å². The van der Waals surface area contributed by atoms with Gasteiger partial charge in [-0.1, -0.05) is 17.7 Å². The Morgan fingerprint density at radius 1 is 1.33 bits per heavy atom. The highest BCUT2D eigenvalue weighted by atomic mass is 32.2. The van der Waals surface area contributed by atoms with Gasteiger partial charge in [-0.25, -0.2) is 0 Å². The number of terminal acetylenes is 1. The molecule has 0 unspecified atom stereocenters. The monoisotopic (exact) mass is 260 g/mol. The molecule has 0 bridgehead atoms. The van der Waals surface area contributed by atoms with Crippen molar-refractivity contribution in [2.24, 2.45) is 0 Å². The van der Waals surface area contributed by atoms with Gasteiger partial charge in [0.2, 0.25) is 5.89 Å². The second kappa shape index (κ2) is 6.12. The van der Waals surface area contributed by atoms with Gasteiger partial charge in [0.15, 0.2) is 0 Å². The summed E-state index contributed by atoms with van der Waals surface area (Å²) in [4.78, 5) is 0. The largest absolute Gasteiger partial charge is 0.494 e. The third kappa shape index (κ3) is 3.05. The van der Waals surface area contributed by atoms with Gasteiger partial charge in [0, 0.05) is 5.56 Å². The van der Waals surface area contributed by atoms with Crippen molar-refractivity contribution in [2.75, 3.05) is 12.4 Å². The molecule has 1 aromatic heterocycles. The fourth-order valence-electron chi connectivity index (χ4n) is 1.35. The number of aromatic nitrogens is 2. The first-order valence-electron chi connectivity index (χ1n) is 5.46. The minimum atomic E-state index is 0.483. The fourth-order valence-corrected chi connectivity index (χ4v) is 1.79. The molecule has 0 aliphatic rings. The summed E-state index contributed by atoms with van der Waals surface area (Å²) in [6.45, 7) is 2.59. The first-order valence-corrected chi connectivity index (χ1v) is 6.45. The van der Waals surface area contributed by atoms with Crippen molar-refractivity contribution >= 4 is 11.8 Å². The van der Waals surface area contributed by atoms with Crippen molar-refractivity contribution in [3.05, 3.63) is 24.3 Å². The molecule has 0 saturated heterocycles. The Kier molecular flexibility index (Phi) is 4.26. The molecule has 4 nitrogen and oxygen atoms in total. The molecular weight excluding hydrogens is 248 g/mol. The van der Waals surface area contributed by atoms with E-state index in [1.54, 1.807) is 0 Å². The van der Waals surface area contributed by atoms with Crippen LogP contribution in [0.4, 0.5) is 0 Å². The molecule has 0 saturated carbocycles. The lowest BCUT2D eigenvalue weighted by Gasteiger charge is -2.02. The van der Waals surface area contributed by atoms with Crippen LogP contribution in [-0.4, -0.2) is 22.6 Å².